The molecule has 1 aliphatic rings. The molecule has 0 aromatic carbocycles. The molecule has 0 spiro atoms. The zero-order chi connectivity index (χ0) is 16.1. The lowest BCUT2D eigenvalue weighted by molar-refractivity contribution is -0.00492. The highest BCUT2D eigenvalue weighted by Gasteiger charge is 2.20. The minimum atomic E-state index is 0.409. The Morgan fingerprint density at radius 2 is 2.26 bits per heavy atom. The van der Waals surface area contributed by atoms with Crippen molar-refractivity contribution in [3.8, 4) is 0 Å². The average molecular weight is 320 g/mol. The van der Waals surface area contributed by atoms with Crippen LogP contribution >= 0.6 is 0 Å². The van der Waals surface area contributed by atoms with Crippen LogP contribution in [0, 0.1) is 0 Å². The minimum Gasteiger partial charge on any atom is -0.379 e. The maximum absolute atomic E-state index is 5.45. The van der Waals surface area contributed by atoms with Crippen molar-refractivity contribution in [2.75, 3.05) is 19.8 Å². The van der Waals surface area contributed by atoms with E-state index in [-0.39, 0.29) is 0 Å². The third-order valence-electron chi connectivity index (χ3n) is 4.01. The van der Waals surface area contributed by atoms with Crippen LogP contribution in [0.15, 0.2) is 10.7 Å². The fourth-order valence-corrected chi connectivity index (χ4v) is 2.62. The Kier molecular flexibility index (Phi) is 5.35. The fourth-order valence-electron chi connectivity index (χ4n) is 2.62. The van der Waals surface area contributed by atoms with Crippen LogP contribution in [0.2, 0.25) is 0 Å². The normalized spacial score (nSPS) is 19.3. The smallest absolute Gasteiger partial charge is 0.226 e. The molecule has 0 bridgehead atoms. The van der Waals surface area contributed by atoms with Crippen molar-refractivity contribution in [3.05, 3.63) is 23.6 Å². The van der Waals surface area contributed by atoms with Crippen molar-refractivity contribution in [2.45, 2.75) is 52.2 Å². The van der Waals surface area contributed by atoms with Crippen molar-refractivity contribution in [1.82, 2.24) is 30.0 Å². The topological polar surface area (TPSA) is 82.1 Å². The highest BCUT2D eigenvalue weighted by Crippen LogP contribution is 2.10. The lowest BCUT2D eigenvalue weighted by Crippen LogP contribution is -2.42. The van der Waals surface area contributed by atoms with Crippen molar-refractivity contribution < 1.29 is 9.26 Å². The molecule has 1 fully saturated rings. The summed E-state index contributed by atoms with van der Waals surface area (Å²) in [4.78, 5) is 6.74. The highest BCUT2D eigenvalue weighted by molar-refractivity contribution is 4.96. The van der Waals surface area contributed by atoms with E-state index >= 15 is 0 Å². The number of rotatable bonds is 7. The van der Waals surface area contributed by atoms with Crippen LogP contribution in [-0.2, 0) is 24.2 Å². The van der Waals surface area contributed by atoms with E-state index < -0.39 is 0 Å². The molecule has 23 heavy (non-hydrogen) atoms. The molecule has 3 heterocycles. The fraction of sp³-hybridized carbons (Fsp3) is 0.733. The molecule has 0 N–H and O–H groups in total. The van der Waals surface area contributed by atoms with Gasteiger partial charge in [0.15, 0.2) is 5.82 Å². The van der Waals surface area contributed by atoms with Gasteiger partial charge < -0.3 is 9.26 Å². The second kappa shape index (κ2) is 7.65. The van der Waals surface area contributed by atoms with Gasteiger partial charge in [-0.25, -0.2) is 4.68 Å². The van der Waals surface area contributed by atoms with Crippen LogP contribution < -0.4 is 0 Å². The standard InChI is InChI=1S/C15H24N6O2/c1-3-4-5-15-16-14(18-23-15)10-21-9-13(17-19-21)8-20-6-7-22-11-12(20)2/h9,12H,3-8,10-11H2,1-2H3/t12-/m1/s1. The minimum absolute atomic E-state index is 0.409. The number of ether oxygens (including phenoxy) is 1. The average Bonchev–Trinajstić information content (AvgIpc) is 3.18. The molecule has 1 aliphatic heterocycles. The van der Waals surface area contributed by atoms with E-state index in [0.717, 1.165) is 51.3 Å². The van der Waals surface area contributed by atoms with Crippen molar-refractivity contribution in [3.63, 3.8) is 0 Å². The third-order valence-corrected chi connectivity index (χ3v) is 4.01. The Morgan fingerprint density at radius 1 is 1.35 bits per heavy atom. The summed E-state index contributed by atoms with van der Waals surface area (Å²) < 4.78 is 12.4. The van der Waals surface area contributed by atoms with Gasteiger partial charge in [-0.05, 0) is 13.3 Å². The van der Waals surface area contributed by atoms with Gasteiger partial charge in [0.25, 0.3) is 0 Å². The van der Waals surface area contributed by atoms with E-state index in [1.54, 1.807) is 4.68 Å². The van der Waals surface area contributed by atoms with Gasteiger partial charge in [0.05, 0.1) is 25.1 Å². The molecular weight excluding hydrogens is 296 g/mol. The Morgan fingerprint density at radius 3 is 3.09 bits per heavy atom. The molecule has 0 aliphatic carbocycles. The Labute approximate surface area is 135 Å². The zero-order valence-electron chi connectivity index (χ0n) is 13.8. The second-order valence-corrected chi connectivity index (χ2v) is 6.01. The van der Waals surface area contributed by atoms with E-state index in [1.807, 2.05) is 6.20 Å². The predicted octanol–water partition coefficient (Wildman–Crippen LogP) is 1.27. The van der Waals surface area contributed by atoms with Gasteiger partial charge in [-0.2, -0.15) is 4.98 Å². The summed E-state index contributed by atoms with van der Waals surface area (Å²) in [6, 6.07) is 0.409. The van der Waals surface area contributed by atoms with Crippen LogP contribution in [0.4, 0.5) is 0 Å². The number of morpholine rings is 1. The molecule has 0 unspecified atom stereocenters. The molecule has 0 radical (unpaired) electrons. The van der Waals surface area contributed by atoms with E-state index in [1.165, 1.54) is 0 Å². The van der Waals surface area contributed by atoms with E-state index in [9.17, 15) is 0 Å². The summed E-state index contributed by atoms with van der Waals surface area (Å²) in [5.74, 6) is 1.34. The molecule has 2 aromatic rings. The first-order valence-electron chi connectivity index (χ1n) is 8.27. The molecule has 126 valence electrons. The van der Waals surface area contributed by atoms with Gasteiger partial charge in [0, 0.05) is 25.6 Å². The number of aryl methyl sites for hydroxylation is 1. The van der Waals surface area contributed by atoms with Crippen LogP contribution in [0.3, 0.4) is 0 Å². The Balaban J connectivity index is 1.55. The van der Waals surface area contributed by atoms with E-state index in [4.69, 9.17) is 9.26 Å². The number of unbranched alkanes of at least 4 members (excludes halogenated alkanes) is 1. The highest BCUT2D eigenvalue weighted by atomic mass is 16.5. The molecule has 8 nitrogen and oxygen atoms in total. The molecular formula is C15H24N6O2. The number of hydrogen-bond acceptors (Lipinski definition) is 7. The van der Waals surface area contributed by atoms with Gasteiger partial charge >= 0.3 is 0 Å². The molecule has 1 atom stereocenters. The summed E-state index contributed by atoms with van der Waals surface area (Å²) in [5.41, 5.74) is 0.952. The van der Waals surface area contributed by atoms with Gasteiger partial charge in [0.1, 0.15) is 6.54 Å². The lowest BCUT2D eigenvalue weighted by Gasteiger charge is -2.32. The number of aromatic nitrogens is 5. The summed E-state index contributed by atoms with van der Waals surface area (Å²) in [6.45, 7) is 8.07. The number of nitrogens with zero attached hydrogens (tertiary/aromatic N) is 6. The summed E-state index contributed by atoms with van der Waals surface area (Å²) in [5, 5.41) is 12.4. The van der Waals surface area contributed by atoms with Crippen LogP contribution in [0.25, 0.3) is 0 Å². The van der Waals surface area contributed by atoms with Crippen LogP contribution in [-0.4, -0.2) is 55.8 Å². The first kappa shape index (κ1) is 16.1. The van der Waals surface area contributed by atoms with Crippen LogP contribution in [0.5, 0.6) is 0 Å². The SMILES string of the molecule is CCCCc1nc(Cn2cc(CN3CCOC[C@H]3C)nn2)no1. The summed E-state index contributed by atoms with van der Waals surface area (Å²) >= 11 is 0. The van der Waals surface area contributed by atoms with Crippen molar-refractivity contribution >= 4 is 0 Å². The molecule has 8 heteroatoms. The van der Waals surface area contributed by atoms with Gasteiger partial charge in [-0.15, -0.1) is 5.10 Å². The maximum atomic E-state index is 5.45. The summed E-state index contributed by atoms with van der Waals surface area (Å²) in [7, 11) is 0. The first-order valence-corrected chi connectivity index (χ1v) is 8.27. The molecule has 1 saturated heterocycles. The van der Waals surface area contributed by atoms with Crippen LogP contribution in [0.1, 0.15) is 44.1 Å². The molecule has 0 amide bonds. The largest absolute Gasteiger partial charge is 0.379 e. The third kappa shape index (κ3) is 4.35. The van der Waals surface area contributed by atoms with Crippen molar-refractivity contribution in [1.29, 1.82) is 0 Å². The monoisotopic (exact) mass is 320 g/mol. The van der Waals surface area contributed by atoms with Gasteiger partial charge in [-0.3, -0.25) is 4.90 Å². The Hall–Kier alpha value is -1.80. The zero-order valence-corrected chi connectivity index (χ0v) is 13.8. The molecule has 0 saturated carbocycles. The van der Waals surface area contributed by atoms with E-state index in [0.29, 0.717) is 24.3 Å². The number of hydrogen-bond donors (Lipinski definition) is 0. The predicted molar refractivity (Wildman–Crippen MR) is 82.7 cm³/mol. The first-order chi connectivity index (χ1) is 11.2. The van der Waals surface area contributed by atoms with E-state index in [2.05, 4.69) is 39.2 Å². The summed E-state index contributed by atoms with van der Waals surface area (Å²) in [6.07, 6.45) is 4.96. The van der Waals surface area contributed by atoms with Gasteiger partial charge in [0.2, 0.25) is 5.89 Å². The molecule has 2 aromatic heterocycles. The second-order valence-electron chi connectivity index (χ2n) is 6.01. The maximum Gasteiger partial charge on any atom is 0.226 e. The lowest BCUT2D eigenvalue weighted by atomic mass is 10.2. The van der Waals surface area contributed by atoms with Gasteiger partial charge in [-0.1, -0.05) is 23.7 Å². The molecule has 3 rings (SSSR count). The quantitative estimate of drug-likeness (QED) is 0.760. The van der Waals surface area contributed by atoms with Crippen molar-refractivity contribution in [2.24, 2.45) is 0 Å². The Bertz CT molecular complexity index is 611.